The molecular weight excluding hydrogens is 168 g/mol. The van der Waals surface area contributed by atoms with E-state index >= 15 is 0 Å². The number of ether oxygens (including phenoxy) is 1. The van der Waals surface area contributed by atoms with Crippen molar-refractivity contribution in [2.75, 3.05) is 12.8 Å². The Kier molecular flexibility index (Phi) is 2.63. The summed E-state index contributed by atoms with van der Waals surface area (Å²) in [4.78, 5) is 0. The van der Waals surface area contributed by atoms with Crippen LogP contribution in [0.4, 0.5) is 5.69 Å². The van der Waals surface area contributed by atoms with E-state index in [1.807, 2.05) is 0 Å². The first-order valence-corrected chi connectivity index (χ1v) is 3.98. The number of hydrogen-bond acceptors (Lipinski definition) is 4. The van der Waals surface area contributed by atoms with Crippen molar-refractivity contribution in [2.24, 2.45) is 5.73 Å². The average molecular weight is 182 g/mol. The highest BCUT2D eigenvalue weighted by molar-refractivity contribution is 5.57. The van der Waals surface area contributed by atoms with Crippen molar-refractivity contribution in [3.63, 3.8) is 0 Å². The van der Waals surface area contributed by atoms with Gasteiger partial charge in [0.15, 0.2) is 11.5 Å². The van der Waals surface area contributed by atoms with E-state index < -0.39 is 0 Å². The molecule has 0 aromatic heterocycles. The van der Waals surface area contributed by atoms with Crippen molar-refractivity contribution >= 4 is 5.69 Å². The standard InChI is InChI=1S/C9H14N2O2/c1-5(10)7-3-6(11)4-8(13-2)9(7)12/h3-5,12H,10-11H2,1-2H3/t5-/m0/s1. The zero-order valence-electron chi connectivity index (χ0n) is 7.74. The fourth-order valence-corrected chi connectivity index (χ4v) is 1.15. The van der Waals surface area contributed by atoms with E-state index in [1.165, 1.54) is 7.11 Å². The Balaban J connectivity index is 3.27. The smallest absolute Gasteiger partial charge is 0.162 e. The van der Waals surface area contributed by atoms with E-state index in [2.05, 4.69) is 0 Å². The molecule has 0 fully saturated rings. The van der Waals surface area contributed by atoms with Crippen LogP contribution in [0.25, 0.3) is 0 Å². The molecule has 1 atom stereocenters. The Morgan fingerprint density at radius 2 is 2.08 bits per heavy atom. The van der Waals surface area contributed by atoms with E-state index in [1.54, 1.807) is 19.1 Å². The fourth-order valence-electron chi connectivity index (χ4n) is 1.15. The molecule has 0 saturated heterocycles. The highest BCUT2D eigenvalue weighted by Gasteiger charge is 2.12. The van der Waals surface area contributed by atoms with Gasteiger partial charge in [0.1, 0.15) is 0 Å². The fraction of sp³-hybridized carbons (Fsp3) is 0.333. The Labute approximate surface area is 77.1 Å². The zero-order chi connectivity index (χ0) is 10.0. The second-order valence-electron chi connectivity index (χ2n) is 2.95. The van der Waals surface area contributed by atoms with Crippen LogP contribution in [0, 0.1) is 0 Å². The molecule has 72 valence electrons. The summed E-state index contributed by atoms with van der Waals surface area (Å²) in [5.41, 5.74) is 12.4. The number of hydrogen-bond donors (Lipinski definition) is 3. The van der Waals surface area contributed by atoms with Crippen LogP contribution in [0.3, 0.4) is 0 Å². The Hall–Kier alpha value is -1.42. The van der Waals surface area contributed by atoms with Crippen molar-refractivity contribution < 1.29 is 9.84 Å². The molecular formula is C9H14N2O2. The molecule has 0 unspecified atom stereocenters. The number of nitrogen functional groups attached to an aromatic ring is 1. The Bertz CT molecular complexity index is 311. The van der Waals surface area contributed by atoms with E-state index in [0.717, 1.165) is 0 Å². The van der Waals surface area contributed by atoms with Crippen molar-refractivity contribution in [2.45, 2.75) is 13.0 Å². The molecule has 0 saturated carbocycles. The highest BCUT2D eigenvalue weighted by Crippen LogP contribution is 2.35. The number of anilines is 1. The predicted octanol–water partition coefficient (Wildman–Crippen LogP) is 1.00. The van der Waals surface area contributed by atoms with E-state index in [-0.39, 0.29) is 11.8 Å². The molecule has 4 heteroatoms. The minimum Gasteiger partial charge on any atom is -0.504 e. The number of benzene rings is 1. The quantitative estimate of drug-likeness (QED) is 0.471. The molecule has 0 amide bonds. The first-order valence-electron chi connectivity index (χ1n) is 3.98. The number of rotatable bonds is 2. The van der Waals surface area contributed by atoms with Gasteiger partial charge >= 0.3 is 0 Å². The summed E-state index contributed by atoms with van der Waals surface area (Å²) in [7, 11) is 1.47. The molecule has 0 aliphatic heterocycles. The Morgan fingerprint density at radius 3 is 2.54 bits per heavy atom. The maximum Gasteiger partial charge on any atom is 0.162 e. The molecule has 1 aromatic rings. The van der Waals surface area contributed by atoms with Gasteiger partial charge in [-0.3, -0.25) is 0 Å². The Morgan fingerprint density at radius 1 is 1.46 bits per heavy atom. The van der Waals surface area contributed by atoms with Crippen LogP contribution in [0.5, 0.6) is 11.5 Å². The lowest BCUT2D eigenvalue weighted by molar-refractivity contribution is 0.369. The molecule has 0 aliphatic rings. The lowest BCUT2D eigenvalue weighted by Crippen LogP contribution is -2.06. The van der Waals surface area contributed by atoms with Gasteiger partial charge in [0.05, 0.1) is 7.11 Å². The predicted molar refractivity (Wildman–Crippen MR) is 51.7 cm³/mol. The topological polar surface area (TPSA) is 81.5 Å². The van der Waals surface area contributed by atoms with E-state index in [0.29, 0.717) is 17.0 Å². The lowest BCUT2D eigenvalue weighted by Gasteiger charge is -2.12. The lowest BCUT2D eigenvalue weighted by atomic mass is 10.1. The molecule has 13 heavy (non-hydrogen) atoms. The maximum absolute atomic E-state index is 9.62. The van der Waals surface area contributed by atoms with Crippen molar-refractivity contribution in [3.05, 3.63) is 17.7 Å². The molecule has 0 aliphatic carbocycles. The summed E-state index contributed by atoms with van der Waals surface area (Å²) in [6.07, 6.45) is 0. The number of phenols is 1. The van der Waals surface area contributed by atoms with Gasteiger partial charge in [-0.1, -0.05) is 0 Å². The van der Waals surface area contributed by atoms with Gasteiger partial charge in [-0.25, -0.2) is 0 Å². The summed E-state index contributed by atoms with van der Waals surface area (Å²) >= 11 is 0. The van der Waals surface area contributed by atoms with Gasteiger partial charge < -0.3 is 21.3 Å². The van der Waals surface area contributed by atoms with Gasteiger partial charge in [-0.15, -0.1) is 0 Å². The first kappa shape index (κ1) is 9.67. The normalized spacial score (nSPS) is 12.5. The molecule has 5 N–H and O–H groups in total. The van der Waals surface area contributed by atoms with Gasteiger partial charge in [0.25, 0.3) is 0 Å². The van der Waals surface area contributed by atoms with Gasteiger partial charge in [0.2, 0.25) is 0 Å². The second kappa shape index (κ2) is 3.53. The van der Waals surface area contributed by atoms with Crippen LogP contribution in [0.15, 0.2) is 12.1 Å². The van der Waals surface area contributed by atoms with E-state index in [9.17, 15) is 5.11 Å². The summed E-state index contributed by atoms with van der Waals surface area (Å²) in [6.45, 7) is 1.77. The van der Waals surface area contributed by atoms with Crippen LogP contribution in [-0.2, 0) is 0 Å². The van der Waals surface area contributed by atoms with Crippen molar-refractivity contribution in [1.29, 1.82) is 0 Å². The molecule has 1 aromatic carbocycles. The highest BCUT2D eigenvalue weighted by atomic mass is 16.5. The number of methoxy groups -OCH3 is 1. The molecule has 0 heterocycles. The largest absolute Gasteiger partial charge is 0.504 e. The van der Waals surface area contributed by atoms with Gasteiger partial charge in [-0.05, 0) is 13.0 Å². The van der Waals surface area contributed by atoms with Crippen molar-refractivity contribution in [3.8, 4) is 11.5 Å². The summed E-state index contributed by atoms with van der Waals surface area (Å²) < 4.78 is 4.93. The monoisotopic (exact) mass is 182 g/mol. The molecule has 1 rings (SSSR count). The zero-order valence-corrected chi connectivity index (χ0v) is 7.74. The minimum absolute atomic E-state index is 0.0618. The van der Waals surface area contributed by atoms with Crippen LogP contribution in [-0.4, -0.2) is 12.2 Å². The third-order valence-corrected chi connectivity index (χ3v) is 1.84. The molecule has 0 spiro atoms. The molecule has 0 bridgehead atoms. The van der Waals surface area contributed by atoms with Crippen LogP contribution < -0.4 is 16.2 Å². The average Bonchev–Trinajstić information content (AvgIpc) is 2.08. The number of phenolic OH excluding ortho intramolecular Hbond substituents is 1. The third-order valence-electron chi connectivity index (χ3n) is 1.84. The summed E-state index contributed by atoms with van der Waals surface area (Å²) in [5, 5.41) is 9.62. The number of nitrogens with two attached hydrogens (primary N) is 2. The second-order valence-corrected chi connectivity index (χ2v) is 2.95. The molecule has 0 radical (unpaired) electrons. The summed E-state index contributed by atoms with van der Waals surface area (Å²) in [6, 6.07) is 2.93. The summed E-state index contributed by atoms with van der Waals surface area (Å²) in [5.74, 6) is 0.416. The van der Waals surface area contributed by atoms with Crippen LogP contribution in [0.1, 0.15) is 18.5 Å². The third kappa shape index (κ3) is 1.84. The van der Waals surface area contributed by atoms with E-state index in [4.69, 9.17) is 16.2 Å². The minimum atomic E-state index is -0.266. The molecule has 4 nitrogen and oxygen atoms in total. The van der Waals surface area contributed by atoms with Crippen molar-refractivity contribution in [1.82, 2.24) is 0 Å². The SMILES string of the molecule is COc1cc(N)cc([C@H](C)N)c1O. The maximum atomic E-state index is 9.62. The van der Waals surface area contributed by atoms with Gasteiger partial charge in [-0.2, -0.15) is 0 Å². The van der Waals surface area contributed by atoms with Crippen LogP contribution >= 0.6 is 0 Å². The first-order chi connectivity index (χ1) is 6.06. The number of aromatic hydroxyl groups is 1. The van der Waals surface area contributed by atoms with Crippen LogP contribution in [0.2, 0.25) is 0 Å². The van der Waals surface area contributed by atoms with Gasteiger partial charge in [0, 0.05) is 23.4 Å².